The average molecular weight is 363 g/mol. The number of rotatable bonds is 6. The summed E-state index contributed by atoms with van der Waals surface area (Å²) >= 11 is 0. The Morgan fingerprint density at radius 2 is 2.00 bits per heavy atom. The van der Waals surface area contributed by atoms with E-state index in [1.807, 2.05) is 0 Å². The molecule has 1 saturated carbocycles. The van der Waals surface area contributed by atoms with Crippen LogP contribution in [0.5, 0.6) is 0 Å². The van der Waals surface area contributed by atoms with Gasteiger partial charge in [-0.1, -0.05) is 19.8 Å². The molecule has 2 atom stereocenters. The molecule has 8 heteroatoms. The molecule has 1 fully saturated rings. The highest BCUT2D eigenvalue weighted by molar-refractivity contribution is 5.93. The number of hydrogen-bond donors (Lipinski definition) is 1. The van der Waals surface area contributed by atoms with Crippen LogP contribution in [0.15, 0.2) is 18.2 Å². The van der Waals surface area contributed by atoms with Crippen molar-refractivity contribution >= 4 is 23.3 Å². The van der Waals surface area contributed by atoms with Gasteiger partial charge in [-0.25, -0.2) is 4.79 Å². The lowest BCUT2D eigenvalue weighted by Crippen LogP contribution is -2.42. The number of nitrogens with one attached hydrogen (secondary N) is 1. The van der Waals surface area contributed by atoms with Gasteiger partial charge in [-0.3, -0.25) is 14.9 Å². The summed E-state index contributed by atoms with van der Waals surface area (Å²) in [4.78, 5) is 36.4. The summed E-state index contributed by atoms with van der Waals surface area (Å²) in [7, 11) is 3.36. The lowest BCUT2D eigenvalue weighted by Gasteiger charge is -2.29. The molecular weight excluding hydrogens is 338 g/mol. The van der Waals surface area contributed by atoms with Gasteiger partial charge in [0, 0.05) is 26.2 Å². The third kappa shape index (κ3) is 4.93. The van der Waals surface area contributed by atoms with Crippen LogP contribution in [0.1, 0.15) is 43.0 Å². The van der Waals surface area contributed by atoms with E-state index in [4.69, 9.17) is 4.74 Å². The van der Waals surface area contributed by atoms with Crippen molar-refractivity contribution in [1.29, 1.82) is 0 Å². The summed E-state index contributed by atoms with van der Waals surface area (Å²) in [6.45, 7) is 1.70. The van der Waals surface area contributed by atoms with Crippen LogP contribution in [0, 0.1) is 16.0 Å². The van der Waals surface area contributed by atoms with E-state index in [0.29, 0.717) is 11.6 Å². The van der Waals surface area contributed by atoms with Crippen LogP contribution in [0.2, 0.25) is 0 Å². The first-order valence-corrected chi connectivity index (χ1v) is 8.72. The zero-order chi connectivity index (χ0) is 19.3. The van der Waals surface area contributed by atoms with Crippen LogP contribution in [0.4, 0.5) is 11.4 Å². The van der Waals surface area contributed by atoms with E-state index in [9.17, 15) is 19.7 Å². The van der Waals surface area contributed by atoms with Crippen molar-refractivity contribution in [1.82, 2.24) is 5.32 Å². The van der Waals surface area contributed by atoms with Crippen molar-refractivity contribution < 1.29 is 19.2 Å². The van der Waals surface area contributed by atoms with Gasteiger partial charge >= 0.3 is 5.97 Å². The molecule has 0 unspecified atom stereocenters. The summed E-state index contributed by atoms with van der Waals surface area (Å²) in [6, 6.07) is 4.21. The second-order valence-electron chi connectivity index (χ2n) is 6.87. The lowest BCUT2D eigenvalue weighted by atomic mass is 9.86. The van der Waals surface area contributed by atoms with Gasteiger partial charge in [-0.05, 0) is 30.9 Å². The second-order valence-corrected chi connectivity index (χ2v) is 6.87. The Balaban J connectivity index is 1.96. The summed E-state index contributed by atoms with van der Waals surface area (Å²) in [5.74, 6) is -0.702. The number of hydrogen-bond acceptors (Lipinski definition) is 6. The van der Waals surface area contributed by atoms with Crippen LogP contribution in [-0.4, -0.2) is 43.5 Å². The first kappa shape index (κ1) is 19.7. The fourth-order valence-electron chi connectivity index (χ4n) is 3.17. The van der Waals surface area contributed by atoms with Gasteiger partial charge < -0.3 is 15.0 Å². The topological polar surface area (TPSA) is 102 Å². The third-order valence-electron chi connectivity index (χ3n) is 4.68. The molecule has 0 spiro atoms. The Morgan fingerprint density at radius 1 is 1.31 bits per heavy atom. The standard InChI is InChI=1S/C18H25N3O5/c1-12-6-4-5-7-14(12)19-17(22)11-26-18(23)13-8-9-15(20(2)3)16(10-13)21(24)25/h8-10,12,14H,4-7,11H2,1-3H3,(H,19,22)/t12-,14-/m1/s1. The Morgan fingerprint density at radius 3 is 2.62 bits per heavy atom. The number of carbonyl (C=O) groups is 2. The molecule has 0 saturated heterocycles. The largest absolute Gasteiger partial charge is 0.452 e. The average Bonchev–Trinajstić information content (AvgIpc) is 2.61. The van der Waals surface area contributed by atoms with Gasteiger partial charge in [0.05, 0.1) is 10.5 Å². The number of ether oxygens (including phenoxy) is 1. The minimum atomic E-state index is -0.759. The van der Waals surface area contributed by atoms with Crippen LogP contribution >= 0.6 is 0 Å². The molecular formula is C18H25N3O5. The smallest absolute Gasteiger partial charge is 0.338 e. The lowest BCUT2D eigenvalue weighted by molar-refractivity contribution is -0.384. The number of nitro groups is 1. The number of nitro benzene ring substituents is 1. The molecule has 0 radical (unpaired) electrons. The predicted molar refractivity (Wildman–Crippen MR) is 97.3 cm³/mol. The van der Waals surface area contributed by atoms with E-state index in [0.717, 1.165) is 19.3 Å². The third-order valence-corrected chi connectivity index (χ3v) is 4.68. The first-order chi connectivity index (χ1) is 12.3. The van der Waals surface area contributed by atoms with Crippen molar-refractivity contribution in [2.75, 3.05) is 25.6 Å². The minimum absolute atomic E-state index is 0.0427. The molecule has 0 aromatic heterocycles. The molecule has 0 bridgehead atoms. The van der Waals surface area contributed by atoms with Gasteiger partial charge in [0.1, 0.15) is 5.69 Å². The second kappa shape index (κ2) is 8.64. The summed E-state index contributed by atoms with van der Waals surface area (Å²) in [6.07, 6.45) is 4.26. The molecule has 0 aliphatic heterocycles. The highest BCUT2D eigenvalue weighted by atomic mass is 16.6. The van der Waals surface area contributed by atoms with Gasteiger partial charge in [0.15, 0.2) is 6.61 Å². The van der Waals surface area contributed by atoms with E-state index in [2.05, 4.69) is 12.2 Å². The maximum absolute atomic E-state index is 12.1. The Kier molecular flexibility index (Phi) is 6.54. The van der Waals surface area contributed by atoms with Gasteiger partial charge in [0.25, 0.3) is 11.6 Å². The van der Waals surface area contributed by atoms with Crippen molar-refractivity contribution in [3.05, 3.63) is 33.9 Å². The minimum Gasteiger partial charge on any atom is -0.452 e. The summed E-state index contributed by atoms with van der Waals surface area (Å²) in [5, 5.41) is 14.1. The zero-order valence-electron chi connectivity index (χ0n) is 15.4. The van der Waals surface area contributed by atoms with Crippen molar-refractivity contribution in [2.45, 2.75) is 38.6 Å². The monoisotopic (exact) mass is 363 g/mol. The van der Waals surface area contributed by atoms with E-state index in [-0.39, 0.29) is 23.2 Å². The maximum Gasteiger partial charge on any atom is 0.338 e. The molecule has 142 valence electrons. The van der Waals surface area contributed by atoms with Crippen LogP contribution < -0.4 is 10.2 Å². The van der Waals surface area contributed by atoms with E-state index in [1.54, 1.807) is 19.0 Å². The number of anilines is 1. The van der Waals surface area contributed by atoms with Crippen molar-refractivity contribution in [3.8, 4) is 0 Å². The molecule has 1 amide bonds. The maximum atomic E-state index is 12.1. The molecule has 26 heavy (non-hydrogen) atoms. The fourth-order valence-corrected chi connectivity index (χ4v) is 3.17. The number of amides is 1. The molecule has 1 aromatic rings. The summed E-state index contributed by atoms with van der Waals surface area (Å²) in [5.41, 5.74) is 0.238. The number of carbonyl (C=O) groups excluding carboxylic acids is 2. The fraction of sp³-hybridized carbons (Fsp3) is 0.556. The van der Waals surface area contributed by atoms with Gasteiger partial charge in [0.2, 0.25) is 0 Å². The predicted octanol–water partition coefficient (Wildman–Crippen LogP) is 2.51. The van der Waals surface area contributed by atoms with Crippen LogP contribution in [0.25, 0.3) is 0 Å². The van der Waals surface area contributed by atoms with Gasteiger partial charge in [-0.2, -0.15) is 0 Å². The SMILES string of the molecule is C[C@@H]1CCCC[C@H]1NC(=O)COC(=O)c1ccc(N(C)C)c([N+](=O)[O-])c1. The van der Waals surface area contributed by atoms with E-state index in [1.165, 1.54) is 24.6 Å². The summed E-state index contributed by atoms with van der Waals surface area (Å²) < 4.78 is 5.01. The van der Waals surface area contributed by atoms with Crippen molar-refractivity contribution in [3.63, 3.8) is 0 Å². The normalized spacial score (nSPS) is 19.5. The number of nitrogens with zero attached hydrogens (tertiary/aromatic N) is 2. The zero-order valence-corrected chi connectivity index (χ0v) is 15.4. The molecule has 1 aliphatic rings. The van der Waals surface area contributed by atoms with Crippen molar-refractivity contribution in [2.24, 2.45) is 5.92 Å². The van der Waals surface area contributed by atoms with E-state index < -0.39 is 17.5 Å². The highest BCUT2D eigenvalue weighted by Gasteiger charge is 2.24. The number of benzene rings is 1. The quantitative estimate of drug-likeness (QED) is 0.473. The van der Waals surface area contributed by atoms with E-state index >= 15 is 0 Å². The highest BCUT2D eigenvalue weighted by Crippen LogP contribution is 2.28. The van der Waals surface area contributed by atoms with Gasteiger partial charge in [-0.15, -0.1) is 0 Å². The molecule has 1 aromatic carbocycles. The Labute approximate surface area is 152 Å². The number of esters is 1. The molecule has 1 aliphatic carbocycles. The van der Waals surface area contributed by atoms with Crippen LogP contribution in [-0.2, 0) is 9.53 Å². The first-order valence-electron chi connectivity index (χ1n) is 8.72. The Hall–Kier alpha value is -2.64. The molecule has 1 N–H and O–H groups in total. The van der Waals surface area contributed by atoms with Crippen LogP contribution in [0.3, 0.4) is 0 Å². The molecule has 2 rings (SSSR count). The molecule has 0 heterocycles. The Bertz CT molecular complexity index is 689. The molecule has 8 nitrogen and oxygen atoms in total.